The minimum atomic E-state index is 0.349. The monoisotopic (exact) mass is 287 g/mol. The third kappa shape index (κ3) is 3.67. The van der Waals surface area contributed by atoms with Crippen LogP contribution >= 0.6 is 0 Å². The van der Waals surface area contributed by atoms with Crippen molar-refractivity contribution < 1.29 is 4.74 Å². The van der Waals surface area contributed by atoms with Gasteiger partial charge in [-0.3, -0.25) is 0 Å². The lowest BCUT2D eigenvalue weighted by Gasteiger charge is -2.33. The first-order valence-electron chi connectivity index (χ1n) is 8.83. The maximum atomic E-state index is 6.07. The Labute approximate surface area is 129 Å². The van der Waals surface area contributed by atoms with E-state index in [9.17, 15) is 0 Å². The molecule has 2 heteroatoms. The molecule has 0 aromatic heterocycles. The standard InChI is InChI=1S/C19H29NO/c1-2-12-20-19(18-11-3-4-13-21-18)17-10-6-9-16(14-17)15-7-5-8-15/h6,9-10,14-15,18-20H,2-5,7-8,11-13H2,1H3. The molecule has 1 heterocycles. The highest BCUT2D eigenvalue weighted by Gasteiger charge is 2.27. The second kappa shape index (κ2) is 7.42. The van der Waals surface area contributed by atoms with Crippen LogP contribution in [0.25, 0.3) is 0 Å². The Hall–Kier alpha value is -0.860. The molecule has 0 radical (unpaired) electrons. The van der Waals surface area contributed by atoms with Crippen LogP contribution in [0.1, 0.15) is 75.0 Å². The summed E-state index contributed by atoms with van der Waals surface area (Å²) >= 11 is 0. The molecular weight excluding hydrogens is 258 g/mol. The summed E-state index contributed by atoms with van der Waals surface area (Å²) in [6.07, 6.45) is 9.38. The average Bonchev–Trinajstić information content (AvgIpc) is 2.47. The van der Waals surface area contributed by atoms with E-state index in [2.05, 4.69) is 36.5 Å². The van der Waals surface area contributed by atoms with Gasteiger partial charge in [-0.1, -0.05) is 37.6 Å². The third-order valence-electron chi connectivity index (χ3n) is 5.05. The molecule has 1 saturated heterocycles. The highest BCUT2D eigenvalue weighted by molar-refractivity contribution is 5.30. The molecule has 2 unspecified atom stereocenters. The summed E-state index contributed by atoms with van der Waals surface area (Å²) in [5.41, 5.74) is 2.97. The lowest BCUT2D eigenvalue weighted by molar-refractivity contribution is -0.00817. The van der Waals surface area contributed by atoms with Crippen LogP contribution in [0.2, 0.25) is 0 Å². The number of ether oxygens (including phenoxy) is 1. The van der Waals surface area contributed by atoms with Gasteiger partial charge in [0.05, 0.1) is 12.1 Å². The van der Waals surface area contributed by atoms with Crippen molar-refractivity contribution in [2.75, 3.05) is 13.2 Å². The first kappa shape index (κ1) is 15.1. The molecular formula is C19H29NO. The topological polar surface area (TPSA) is 21.3 Å². The highest BCUT2D eigenvalue weighted by Crippen LogP contribution is 2.37. The Balaban J connectivity index is 1.77. The van der Waals surface area contributed by atoms with Gasteiger partial charge in [0.15, 0.2) is 0 Å². The maximum absolute atomic E-state index is 6.07. The Morgan fingerprint density at radius 3 is 2.76 bits per heavy atom. The quantitative estimate of drug-likeness (QED) is 0.828. The maximum Gasteiger partial charge on any atom is 0.0769 e. The van der Waals surface area contributed by atoms with Gasteiger partial charge >= 0.3 is 0 Å². The predicted molar refractivity (Wildman–Crippen MR) is 87.7 cm³/mol. The first-order valence-corrected chi connectivity index (χ1v) is 8.83. The minimum absolute atomic E-state index is 0.349. The fourth-order valence-electron chi connectivity index (χ4n) is 3.54. The molecule has 0 spiro atoms. The third-order valence-corrected chi connectivity index (χ3v) is 5.05. The molecule has 1 aromatic rings. The van der Waals surface area contributed by atoms with Gasteiger partial charge in [-0.05, 0) is 62.1 Å². The number of benzene rings is 1. The van der Waals surface area contributed by atoms with Gasteiger partial charge in [-0.15, -0.1) is 0 Å². The normalized spacial score (nSPS) is 24.5. The average molecular weight is 287 g/mol. The molecule has 1 aliphatic heterocycles. The summed E-state index contributed by atoms with van der Waals surface area (Å²) in [5.74, 6) is 0.809. The molecule has 116 valence electrons. The van der Waals surface area contributed by atoms with Crippen molar-refractivity contribution >= 4 is 0 Å². The van der Waals surface area contributed by atoms with Gasteiger partial charge in [0.25, 0.3) is 0 Å². The molecule has 3 rings (SSSR count). The van der Waals surface area contributed by atoms with E-state index >= 15 is 0 Å². The SMILES string of the molecule is CCCNC(c1cccc(C2CCC2)c1)C1CCCCO1. The van der Waals surface area contributed by atoms with Crippen LogP contribution in [-0.4, -0.2) is 19.3 Å². The molecule has 2 fully saturated rings. The number of hydrogen-bond donors (Lipinski definition) is 1. The van der Waals surface area contributed by atoms with Crippen LogP contribution in [0.15, 0.2) is 24.3 Å². The van der Waals surface area contributed by atoms with Crippen molar-refractivity contribution in [2.24, 2.45) is 0 Å². The van der Waals surface area contributed by atoms with Gasteiger partial charge in [0, 0.05) is 6.61 Å². The second-order valence-electron chi connectivity index (χ2n) is 6.63. The van der Waals surface area contributed by atoms with E-state index < -0.39 is 0 Å². The summed E-state index contributed by atoms with van der Waals surface area (Å²) < 4.78 is 6.07. The van der Waals surface area contributed by atoms with E-state index in [0.717, 1.165) is 19.1 Å². The summed E-state index contributed by atoms with van der Waals surface area (Å²) in [4.78, 5) is 0. The zero-order valence-electron chi connectivity index (χ0n) is 13.3. The molecule has 1 aliphatic carbocycles. The van der Waals surface area contributed by atoms with Crippen molar-refractivity contribution in [1.82, 2.24) is 5.32 Å². The van der Waals surface area contributed by atoms with Crippen molar-refractivity contribution in [3.63, 3.8) is 0 Å². The van der Waals surface area contributed by atoms with Crippen molar-refractivity contribution in [3.8, 4) is 0 Å². The molecule has 2 nitrogen and oxygen atoms in total. The van der Waals surface area contributed by atoms with E-state index in [4.69, 9.17) is 4.74 Å². The zero-order valence-corrected chi connectivity index (χ0v) is 13.3. The van der Waals surface area contributed by atoms with Crippen molar-refractivity contribution in [1.29, 1.82) is 0 Å². The molecule has 0 amide bonds. The van der Waals surface area contributed by atoms with Crippen LogP contribution in [0.5, 0.6) is 0 Å². The fourth-order valence-corrected chi connectivity index (χ4v) is 3.54. The Morgan fingerprint density at radius 2 is 2.10 bits per heavy atom. The highest BCUT2D eigenvalue weighted by atomic mass is 16.5. The minimum Gasteiger partial charge on any atom is -0.376 e. The number of hydrogen-bond acceptors (Lipinski definition) is 2. The van der Waals surface area contributed by atoms with Crippen LogP contribution < -0.4 is 5.32 Å². The molecule has 2 atom stereocenters. The largest absolute Gasteiger partial charge is 0.376 e. The Bertz CT molecular complexity index is 435. The smallest absolute Gasteiger partial charge is 0.0769 e. The van der Waals surface area contributed by atoms with Crippen LogP contribution in [0.4, 0.5) is 0 Å². The fraction of sp³-hybridized carbons (Fsp3) is 0.684. The van der Waals surface area contributed by atoms with Crippen LogP contribution in [0, 0.1) is 0 Å². The zero-order chi connectivity index (χ0) is 14.5. The van der Waals surface area contributed by atoms with Crippen LogP contribution in [0.3, 0.4) is 0 Å². The van der Waals surface area contributed by atoms with Crippen molar-refractivity contribution in [2.45, 2.75) is 69.9 Å². The summed E-state index contributed by atoms with van der Waals surface area (Å²) in [5, 5.41) is 3.73. The summed E-state index contributed by atoms with van der Waals surface area (Å²) in [6, 6.07) is 9.64. The van der Waals surface area contributed by atoms with Gasteiger partial charge < -0.3 is 10.1 Å². The molecule has 2 aliphatic rings. The molecule has 1 saturated carbocycles. The molecule has 0 bridgehead atoms. The molecule has 1 N–H and O–H groups in total. The van der Waals surface area contributed by atoms with E-state index in [1.54, 1.807) is 0 Å². The summed E-state index contributed by atoms with van der Waals surface area (Å²) in [7, 11) is 0. The van der Waals surface area contributed by atoms with E-state index in [1.165, 1.54) is 56.1 Å². The van der Waals surface area contributed by atoms with Gasteiger partial charge in [0.2, 0.25) is 0 Å². The second-order valence-corrected chi connectivity index (χ2v) is 6.63. The predicted octanol–water partition coefficient (Wildman–Crippen LogP) is 4.56. The number of rotatable bonds is 6. The molecule has 1 aromatic carbocycles. The van der Waals surface area contributed by atoms with Gasteiger partial charge in [-0.2, -0.15) is 0 Å². The van der Waals surface area contributed by atoms with Gasteiger partial charge in [0.1, 0.15) is 0 Å². The van der Waals surface area contributed by atoms with Crippen LogP contribution in [-0.2, 0) is 4.74 Å². The van der Waals surface area contributed by atoms with E-state index in [1.807, 2.05) is 0 Å². The Kier molecular flexibility index (Phi) is 5.32. The number of nitrogens with one attached hydrogen (secondary N) is 1. The first-order chi connectivity index (χ1) is 10.4. The lowest BCUT2D eigenvalue weighted by Crippen LogP contribution is -2.36. The lowest BCUT2D eigenvalue weighted by atomic mass is 9.79. The molecule has 21 heavy (non-hydrogen) atoms. The van der Waals surface area contributed by atoms with Gasteiger partial charge in [-0.25, -0.2) is 0 Å². The van der Waals surface area contributed by atoms with E-state index in [0.29, 0.717) is 12.1 Å². The van der Waals surface area contributed by atoms with Crippen molar-refractivity contribution in [3.05, 3.63) is 35.4 Å². The van der Waals surface area contributed by atoms with E-state index in [-0.39, 0.29) is 0 Å². The summed E-state index contributed by atoms with van der Waals surface area (Å²) in [6.45, 7) is 4.23. The Morgan fingerprint density at radius 1 is 1.19 bits per heavy atom.